The summed E-state index contributed by atoms with van der Waals surface area (Å²) in [6, 6.07) is 4.10. The van der Waals surface area contributed by atoms with Crippen LogP contribution in [0, 0.1) is 24.2 Å². The Balaban J connectivity index is 1.43. The van der Waals surface area contributed by atoms with Crippen LogP contribution in [0.4, 0.5) is 13.2 Å². The molecule has 0 bridgehead atoms. The van der Waals surface area contributed by atoms with E-state index >= 15 is 0 Å². The van der Waals surface area contributed by atoms with Gasteiger partial charge < -0.3 is 9.80 Å². The molecule has 3 aromatic heterocycles. The first-order valence-corrected chi connectivity index (χ1v) is 14.3. The fraction of sp³-hybridized carbons (Fsp3) is 0.483. The van der Waals surface area contributed by atoms with E-state index < -0.39 is 11.9 Å². The molecule has 3 atom stereocenters. The minimum Gasteiger partial charge on any atom is -0.333 e. The SMILES string of the molecule is Cc1cc(C(F)(F)F)nc(-c2ccnc3cc(CN4C(=O)C5C(C4=O)C5(C)C)sc23)c1C(=O)N1CCN(C)C[C@@H]1C. The number of thiophene rings is 1. The maximum Gasteiger partial charge on any atom is 0.433 e. The predicted molar refractivity (Wildman–Crippen MR) is 147 cm³/mol. The number of rotatable bonds is 4. The molecule has 1 saturated carbocycles. The number of fused-ring (bicyclic) bond motifs is 2. The molecule has 0 N–H and O–H groups in total. The smallest absolute Gasteiger partial charge is 0.333 e. The first-order chi connectivity index (χ1) is 19.2. The maximum absolute atomic E-state index is 13.9. The van der Waals surface area contributed by atoms with Crippen LogP contribution in [-0.4, -0.2) is 75.1 Å². The molecule has 0 radical (unpaired) electrons. The van der Waals surface area contributed by atoms with E-state index in [2.05, 4.69) is 14.9 Å². The van der Waals surface area contributed by atoms with E-state index in [-0.39, 0.29) is 64.4 Å². The maximum atomic E-state index is 13.9. The van der Waals surface area contributed by atoms with Crippen molar-refractivity contribution >= 4 is 39.3 Å². The van der Waals surface area contributed by atoms with Crippen LogP contribution < -0.4 is 0 Å². The Morgan fingerprint density at radius 2 is 1.83 bits per heavy atom. The number of aromatic nitrogens is 2. The molecule has 216 valence electrons. The lowest BCUT2D eigenvalue weighted by Crippen LogP contribution is -2.53. The Kier molecular flexibility index (Phi) is 6.31. The number of halogens is 3. The average Bonchev–Trinajstić information content (AvgIpc) is 3.13. The monoisotopic (exact) mass is 585 g/mol. The molecular formula is C29H30F3N5O3S. The number of imide groups is 1. The zero-order valence-corrected chi connectivity index (χ0v) is 24.2. The molecule has 0 spiro atoms. The number of pyridine rings is 2. The second-order valence-electron chi connectivity index (χ2n) is 12.0. The summed E-state index contributed by atoms with van der Waals surface area (Å²) in [4.78, 5) is 53.9. The third-order valence-corrected chi connectivity index (χ3v) is 9.88. The van der Waals surface area contributed by atoms with Gasteiger partial charge in [0.15, 0.2) is 0 Å². The summed E-state index contributed by atoms with van der Waals surface area (Å²) in [6.07, 6.45) is -3.23. The number of carbonyl (C=O) groups is 3. The number of hydrogen-bond acceptors (Lipinski definition) is 7. The predicted octanol–water partition coefficient (Wildman–Crippen LogP) is 4.60. The van der Waals surface area contributed by atoms with E-state index in [4.69, 9.17) is 0 Å². The number of likely N-dealkylation sites (tertiary alicyclic amines) is 1. The first-order valence-electron chi connectivity index (χ1n) is 13.5. The van der Waals surface area contributed by atoms with Crippen molar-refractivity contribution in [3.63, 3.8) is 0 Å². The molecule has 41 heavy (non-hydrogen) atoms. The summed E-state index contributed by atoms with van der Waals surface area (Å²) in [5.74, 6) is -1.36. The van der Waals surface area contributed by atoms with Crippen LogP contribution in [0.3, 0.4) is 0 Å². The van der Waals surface area contributed by atoms with Gasteiger partial charge in [-0.2, -0.15) is 13.2 Å². The van der Waals surface area contributed by atoms with Crippen molar-refractivity contribution in [2.24, 2.45) is 17.3 Å². The highest BCUT2D eigenvalue weighted by Crippen LogP contribution is 2.63. The lowest BCUT2D eigenvalue weighted by atomic mass is 9.98. The molecule has 2 aliphatic heterocycles. The van der Waals surface area contributed by atoms with Gasteiger partial charge in [0.25, 0.3) is 5.91 Å². The number of amides is 3. The highest BCUT2D eigenvalue weighted by atomic mass is 32.1. The molecule has 3 aromatic rings. The van der Waals surface area contributed by atoms with Crippen LogP contribution in [0.1, 0.15) is 47.3 Å². The topological polar surface area (TPSA) is 86.7 Å². The van der Waals surface area contributed by atoms with Gasteiger partial charge >= 0.3 is 6.18 Å². The highest BCUT2D eigenvalue weighted by molar-refractivity contribution is 7.19. The zero-order chi connectivity index (χ0) is 29.6. The van der Waals surface area contributed by atoms with E-state index in [1.165, 1.54) is 29.4 Å². The number of hydrogen-bond donors (Lipinski definition) is 0. The number of piperidine rings is 1. The molecule has 5 heterocycles. The van der Waals surface area contributed by atoms with E-state index in [9.17, 15) is 27.6 Å². The van der Waals surface area contributed by atoms with Gasteiger partial charge in [0, 0.05) is 42.3 Å². The fourth-order valence-corrected chi connectivity index (χ4v) is 7.55. The molecule has 6 rings (SSSR count). The normalized spacial score (nSPS) is 24.3. The van der Waals surface area contributed by atoms with Crippen molar-refractivity contribution in [1.29, 1.82) is 0 Å². The van der Waals surface area contributed by atoms with E-state index in [1.54, 1.807) is 17.0 Å². The molecule has 2 saturated heterocycles. The van der Waals surface area contributed by atoms with Crippen molar-refractivity contribution < 1.29 is 27.6 Å². The molecule has 2 unspecified atom stereocenters. The van der Waals surface area contributed by atoms with E-state index in [1.807, 2.05) is 27.8 Å². The number of alkyl halides is 3. The minimum atomic E-state index is -4.71. The van der Waals surface area contributed by atoms with Crippen LogP contribution in [0.25, 0.3) is 21.5 Å². The van der Waals surface area contributed by atoms with Gasteiger partial charge in [0.2, 0.25) is 11.8 Å². The lowest BCUT2D eigenvalue weighted by Gasteiger charge is -2.38. The summed E-state index contributed by atoms with van der Waals surface area (Å²) >= 11 is 1.24. The van der Waals surface area contributed by atoms with Crippen LogP contribution in [0.5, 0.6) is 0 Å². The van der Waals surface area contributed by atoms with Crippen LogP contribution in [-0.2, 0) is 22.3 Å². The Bertz CT molecular complexity index is 1590. The Morgan fingerprint density at radius 3 is 2.46 bits per heavy atom. The Morgan fingerprint density at radius 1 is 1.15 bits per heavy atom. The standard InChI is InChI=1S/C29H30F3N5O3S/c1-14-10-19(29(30,31)32)34-23(20(14)25(38)36-9-8-35(5)12-15(36)2)17-6-7-33-18-11-16(41-24(17)18)13-37-26(39)21-22(27(37)40)28(21,3)4/h6-7,10-11,15,21-22H,8-9,12-13H2,1-5H3/t15-,21?,22?/m0/s1. The highest BCUT2D eigenvalue weighted by Gasteiger charge is 2.72. The number of nitrogens with zero attached hydrogens (tertiary/aromatic N) is 5. The van der Waals surface area contributed by atoms with Gasteiger partial charge in [0.05, 0.1) is 39.9 Å². The number of carbonyl (C=O) groups excluding carboxylic acids is 3. The minimum absolute atomic E-state index is 0.0504. The summed E-state index contributed by atoms with van der Waals surface area (Å²) in [5, 5.41) is 0. The van der Waals surface area contributed by atoms with E-state index in [0.29, 0.717) is 40.3 Å². The van der Waals surface area contributed by atoms with Crippen molar-refractivity contribution in [2.45, 2.75) is 46.5 Å². The van der Waals surface area contributed by atoms with Gasteiger partial charge in [-0.25, -0.2) is 4.98 Å². The molecule has 1 aliphatic carbocycles. The van der Waals surface area contributed by atoms with Crippen LogP contribution in [0.2, 0.25) is 0 Å². The molecule has 12 heteroatoms. The largest absolute Gasteiger partial charge is 0.433 e. The van der Waals surface area contributed by atoms with E-state index in [0.717, 1.165) is 6.07 Å². The number of piperazine rings is 1. The Hall–Kier alpha value is -3.38. The van der Waals surface area contributed by atoms with Gasteiger partial charge in [-0.1, -0.05) is 13.8 Å². The van der Waals surface area contributed by atoms with Gasteiger partial charge in [0.1, 0.15) is 5.69 Å². The van der Waals surface area contributed by atoms with Crippen molar-refractivity contribution in [3.8, 4) is 11.3 Å². The van der Waals surface area contributed by atoms with Crippen LogP contribution >= 0.6 is 11.3 Å². The third-order valence-electron chi connectivity index (χ3n) is 8.74. The van der Waals surface area contributed by atoms with Crippen molar-refractivity contribution in [1.82, 2.24) is 24.7 Å². The van der Waals surface area contributed by atoms with Gasteiger partial charge in [-0.15, -0.1) is 11.3 Å². The second-order valence-corrected chi connectivity index (χ2v) is 13.1. The third kappa shape index (κ3) is 4.42. The molecular weight excluding hydrogens is 555 g/mol. The summed E-state index contributed by atoms with van der Waals surface area (Å²) in [5.41, 5.74) is -0.282. The van der Waals surface area contributed by atoms with Crippen LogP contribution in [0.15, 0.2) is 24.4 Å². The van der Waals surface area contributed by atoms with Crippen molar-refractivity contribution in [2.75, 3.05) is 26.7 Å². The molecule has 3 amide bonds. The number of likely N-dealkylation sites (N-methyl/N-ethyl adjacent to an activating group) is 1. The lowest BCUT2D eigenvalue weighted by molar-refractivity contribution is -0.144. The molecule has 8 nitrogen and oxygen atoms in total. The zero-order valence-electron chi connectivity index (χ0n) is 23.4. The quantitative estimate of drug-likeness (QED) is 0.416. The fourth-order valence-electron chi connectivity index (χ4n) is 6.44. The Labute approximate surface area is 239 Å². The summed E-state index contributed by atoms with van der Waals surface area (Å²) < 4.78 is 42.3. The first kappa shape index (κ1) is 27.8. The number of aryl methyl sites for hydroxylation is 1. The second kappa shape index (κ2) is 9.32. The average molecular weight is 586 g/mol. The molecule has 3 aliphatic rings. The summed E-state index contributed by atoms with van der Waals surface area (Å²) in [6.45, 7) is 9.07. The molecule has 3 fully saturated rings. The van der Waals surface area contributed by atoms with Gasteiger partial charge in [-0.3, -0.25) is 24.3 Å². The molecule has 0 aromatic carbocycles. The van der Waals surface area contributed by atoms with Gasteiger partial charge in [-0.05, 0) is 50.1 Å². The van der Waals surface area contributed by atoms with Crippen molar-refractivity contribution in [3.05, 3.63) is 46.1 Å². The summed E-state index contributed by atoms with van der Waals surface area (Å²) in [7, 11) is 1.96.